The minimum Gasteiger partial charge on any atom is -0.337 e. The van der Waals surface area contributed by atoms with E-state index in [9.17, 15) is 14.4 Å². The van der Waals surface area contributed by atoms with Crippen molar-refractivity contribution in [3.8, 4) is 11.1 Å². The van der Waals surface area contributed by atoms with Crippen LogP contribution in [0.1, 0.15) is 28.5 Å². The maximum Gasteiger partial charge on any atom is 0.325 e. The van der Waals surface area contributed by atoms with Crippen molar-refractivity contribution in [3.05, 3.63) is 74.3 Å². The van der Waals surface area contributed by atoms with Crippen molar-refractivity contribution in [2.45, 2.75) is 26.9 Å². The highest BCUT2D eigenvalue weighted by Crippen LogP contribution is 2.18. The maximum atomic E-state index is 12.8. The molecule has 0 aliphatic heterocycles. The third-order valence-electron chi connectivity index (χ3n) is 4.50. The van der Waals surface area contributed by atoms with Crippen LogP contribution in [0.4, 0.5) is 0 Å². The Morgan fingerprint density at radius 1 is 1.30 bits per heavy atom. The molecule has 1 aromatic carbocycles. The zero-order chi connectivity index (χ0) is 19.6. The Kier molecular flexibility index (Phi) is 5.07. The number of aromatic nitrogens is 4. The van der Waals surface area contributed by atoms with Crippen LogP contribution in [-0.4, -0.2) is 37.6 Å². The molecule has 8 nitrogen and oxygen atoms in total. The number of hydrogen-bond acceptors (Lipinski definition) is 4. The summed E-state index contributed by atoms with van der Waals surface area (Å²) < 4.78 is 1.89. The molecule has 2 N–H and O–H groups in total. The van der Waals surface area contributed by atoms with E-state index in [1.807, 2.05) is 18.5 Å². The molecule has 0 saturated carbocycles. The summed E-state index contributed by atoms with van der Waals surface area (Å²) in [5, 5.41) is 4.30. The minimum atomic E-state index is -0.571. The second-order valence-corrected chi connectivity index (χ2v) is 6.30. The van der Waals surface area contributed by atoms with Crippen LogP contribution in [0.3, 0.4) is 0 Å². The average molecular weight is 367 g/mol. The molecule has 3 aromatic rings. The van der Waals surface area contributed by atoms with Crippen LogP contribution in [0.2, 0.25) is 0 Å². The van der Waals surface area contributed by atoms with Gasteiger partial charge in [0.05, 0.1) is 11.8 Å². The molecule has 0 spiro atoms. The van der Waals surface area contributed by atoms with Crippen molar-refractivity contribution in [1.82, 2.24) is 24.6 Å². The van der Waals surface area contributed by atoms with Gasteiger partial charge in [0.25, 0.3) is 11.5 Å². The molecule has 2 aromatic heterocycles. The summed E-state index contributed by atoms with van der Waals surface area (Å²) in [5.74, 6) is -0.165. The number of H-pyrrole nitrogens is 2. The first kappa shape index (κ1) is 18.4. The van der Waals surface area contributed by atoms with Crippen LogP contribution in [0.5, 0.6) is 0 Å². The highest BCUT2D eigenvalue weighted by Gasteiger charge is 2.16. The summed E-state index contributed by atoms with van der Waals surface area (Å²) >= 11 is 0. The van der Waals surface area contributed by atoms with E-state index in [-0.39, 0.29) is 5.91 Å². The van der Waals surface area contributed by atoms with Gasteiger partial charge >= 0.3 is 5.69 Å². The summed E-state index contributed by atoms with van der Waals surface area (Å²) in [6, 6.07) is 6.77. The van der Waals surface area contributed by atoms with E-state index in [1.54, 1.807) is 42.4 Å². The lowest BCUT2D eigenvalue weighted by Crippen LogP contribution is -2.26. The maximum absolute atomic E-state index is 12.8. The highest BCUT2D eigenvalue weighted by atomic mass is 16.2. The summed E-state index contributed by atoms with van der Waals surface area (Å²) in [5.41, 5.74) is 2.26. The topological polar surface area (TPSA) is 104 Å². The Hall–Kier alpha value is -3.42. The zero-order valence-corrected chi connectivity index (χ0v) is 15.4. The SMILES string of the molecule is CCn1ncc(CN(C)C(=O)c2cccc(-c3c[nH]c(=O)[nH]c3=O)c2)c1C. The molecule has 0 aliphatic carbocycles. The van der Waals surface area contributed by atoms with Gasteiger partial charge in [-0.05, 0) is 31.5 Å². The monoisotopic (exact) mass is 367 g/mol. The summed E-state index contributed by atoms with van der Waals surface area (Å²) in [6.07, 6.45) is 3.12. The number of rotatable bonds is 5. The van der Waals surface area contributed by atoms with Crippen LogP contribution >= 0.6 is 0 Å². The van der Waals surface area contributed by atoms with Gasteiger partial charge in [-0.15, -0.1) is 0 Å². The zero-order valence-electron chi connectivity index (χ0n) is 15.4. The molecule has 0 bridgehead atoms. The summed E-state index contributed by atoms with van der Waals surface area (Å²) in [7, 11) is 1.73. The van der Waals surface area contributed by atoms with Gasteiger partial charge in [0.1, 0.15) is 0 Å². The Bertz CT molecular complexity index is 1090. The Balaban J connectivity index is 1.85. The van der Waals surface area contributed by atoms with Gasteiger partial charge in [0.15, 0.2) is 0 Å². The third kappa shape index (κ3) is 3.74. The van der Waals surface area contributed by atoms with Crippen LogP contribution in [0.25, 0.3) is 11.1 Å². The Labute approximate surface area is 155 Å². The van der Waals surface area contributed by atoms with Crippen molar-refractivity contribution in [3.63, 3.8) is 0 Å². The molecule has 0 radical (unpaired) electrons. The number of aryl methyl sites for hydroxylation is 1. The average Bonchev–Trinajstić information content (AvgIpc) is 3.00. The number of nitrogens with one attached hydrogen (secondary N) is 2. The fourth-order valence-corrected chi connectivity index (χ4v) is 2.95. The number of benzene rings is 1. The van der Waals surface area contributed by atoms with E-state index in [0.717, 1.165) is 17.8 Å². The van der Waals surface area contributed by atoms with Gasteiger partial charge in [-0.25, -0.2) is 4.79 Å². The molecule has 0 atom stereocenters. The normalized spacial score (nSPS) is 10.8. The van der Waals surface area contributed by atoms with Crippen molar-refractivity contribution >= 4 is 5.91 Å². The van der Waals surface area contributed by atoms with E-state index < -0.39 is 11.2 Å². The lowest BCUT2D eigenvalue weighted by atomic mass is 10.0. The van der Waals surface area contributed by atoms with Crippen molar-refractivity contribution < 1.29 is 4.79 Å². The molecule has 8 heteroatoms. The van der Waals surface area contributed by atoms with Crippen molar-refractivity contribution in [1.29, 1.82) is 0 Å². The number of carbonyl (C=O) groups excluding carboxylic acids is 1. The lowest BCUT2D eigenvalue weighted by molar-refractivity contribution is 0.0785. The van der Waals surface area contributed by atoms with Gasteiger partial charge in [0.2, 0.25) is 0 Å². The van der Waals surface area contributed by atoms with Crippen LogP contribution in [0.15, 0.2) is 46.2 Å². The summed E-state index contributed by atoms with van der Waals surface area (Å²) in [6.45, 7) is 5.21. The van der Waals surface area contributed by atoms with Gasteiger partial charge in [-0.3, -0.25) is 19.3 Å². The van der Waals surface area contributed by atoms with E-state index in [1.165, 1.54) is 6.20 Å². The van der Waals surface area contributed by atoms with Crippen molar-refractivity contribution in [2.24, 2.45) is 0 Å². The molecule has 140 valence electrons. The first-order chi connectivity index (χ1) is 12.9. The molecular formula is C19H21N5O3. The molecule has 0 unspecified atom stereocenters. The smallest absolute Gasteiger partial charge is 0.325 e. The van der Waals surface area contributed by atoms with Gasteiger partial charge in [0, 0.05) is 43.2 Å². The Morgan fingerprint density at radius 3 is 2.74 bits per heavy atom. The molecule has 2 heterocycles. The van der Waals surface area contributed by atoms with E-state index in [2.05, 4.69) is 15.1 Å². The number of amides is 1. The minimum absolute atomic E-state index is 0.165. The molecule has 27 heavy (non-hydrogen) atoms. The molecule has 0 aliphatic rings. The highest BCUT2D eigenvalue weighted by molar-refractivity contribution is 5.95. The second-order valence-electron chi connectivity index (χ2n) is 6.30. The number of carbonyl (C=O) groups is 1. The van der Waals surface area contributed by atoms with E-state index in [4.69, 9.17) is 0 Å². The standard InChI is InChI=1S/C19H21N5O3/c1-4-24-12(2)15(9-21-24)11-23(3)18(26)14-7-5-6-13(8-14)16-10-20-19(27)22-17(16)25/h5-10H,4,11H2,1-3H3,(H2,20,22,25,27). The fourth-order valence-electron chi connectivity index (χ4n) is 2.95. The first-order valence-electron chi connectivity index (χ1n) is 8.60. The molecule has 0 saturated heterocycles. The molecule has 0 fully saturated rings. The molecule has 3 rings (SSSR count). The van der Waals surface area contributed by atoms with E-state index >= 15 is 0 Å². The predicted molar refractivity (Wildman–Crippen MR) is 102 cm³/mol. The molecular weight excluding hydrogens is 346 g/mol. The number of aromatic amines is 2. The predicted octanol–water partition coefficient (Wildman–Crippen LogP) is 1.53. The number of nitrogens with zero attached hydrogens (tertiary/aromatic N) is 3. The largest absolute Gasteiger partial charge is 0.337 e. The first-order valence-corrected chi connectivity index (χ1v) is 8.60. The number of hydrogen-bond donors (Lipinski definition) is 2. The van der Waals surface area contributed by atoms with Crippen molar-refractivity contribution in [2.75, 3.05) is 7.05 Å². The van der Waals surface area contributed by atoms with Crippen LogP contribution < -0.4 is 11.2 Å². The lowest BCUT2D eigenvalue weighted by Gasteiger charge is -2.17. The molecule has 1 amide bonds. The third-order valence-corrected chi connectivity index (χ3v) is 4.50. The van der Waals surface area contributed by atoms with E-state index in [0.29, 0.717) is 23.2 Å². The van der Waals surface area contributed by atoms with Crippen LogP contribution in [0, 0.1) is 6.92 Å². The van der Waals surface area contributed by atoms with Gasteiger partial charge in [-0.2, -0.15) is 5.10 Å². The Morgan fingerprint density at radius 2 is 2.07 bits per heavy atom. The van der Waals surface area contributed by atoms with Crippen LogP contribution in [-0.2, 0) is 13.1 Å². The summed E-state index contributed by atoms with van der Waals surface area (Å²) in [4.78, 5) is 42.2. The van der Waals surface area contributed by atoms with Gasteiger partial charge in [-0.1, -0.05) is 12.1 Å². The quantitative estimate of drug-likeness (QED) is 0.713. The fraction of sp³-hybridized carbons (Fsp3) is 0.263. The van der Waals surface area contributed by atoms with Gasteiger partial charge < -0.3 is 9.88 Å². The second kappa shape index (κ2) is 7.45.